The first-order chi connectivity index (χ1) is 35.6. The second-order valence-corrected chi connectivity index (χ2v) is 23.7. The molecule has 10 nitrogen and oxygen atoms in total. The number of benzene rings is 6. The van der Waals surface area contributed by atoms with Crippen LogP contribution in [0.3, 0.4) is 0 Å². The minimum atomic E-state index is -3.83. The van der Waals surface area contributed by atoms with Crippen molar-refractivity contribution >= 4 is 55.2 Å². The smallest absolute Gasteiger partial charge is 0.335 e. The topological polar surface area (TPSA) is 127 Å². The second kappa shape index (κ2) is 23.0. The molecule has 14 heteroatoms. The molecule has 2 heterocycles. The Labute approximate surface area is 444 Å². The van der Waals surface area contributed by atoms with Crippen LogP contribution in [0.2, 0.25) is 10.0 Å². The predicted octanol–water partition coefficient (Wildman–Crippen LogP) is 12.1. The molecule has 4 aliphatic rings. The number of carbonyl (C=O) groups is 2. The highest BCUT2D eigenvalue weighted by atomic mass is 35.5. The van der Waals surface area contributed by atoms with Crippen molar-refractivity contribution in [2.45, 2.75) is 61.5 Å². The van der Waals surface area contributed by atoms with Crippen LogP contribution in [0, 0.1) is 25.7 Å². The van der Waals surface area contributed by atoms with Crippen LogP contribution >= 0.6 is 23.2 Å². The number of rotatable bonds is 12. The van der Waals surface area contributed by atoms with E-state index in [1.54, 1.807) is 48.5 Å². The van der Waals surface area contributed by atoms with Crippen LogP contribution in [0.25, 0.3) is 0 Å². The van der Waals surface area contributed by atoms with Gasteiger partial charge in [-0.25, -0.2) is 26.4 Å². The van der Waals surface area contributed by atoms with Crippen molar-refractivity contribution in [3.8, 4) is 0 Å². The maximum absolute atomic E-state index is 13.7. The summed E-state index contributed by atoms with van der Waals surface area (Å²) in [7, 11) is -7.66. The van der Waals surface area contributed by atoms with Crippen LogP contribution in [-0.2, 0) is 52.3 Å². The molecule has 6 aromatic rings. The Hall–Kier alpha value is -6.38. The van der Waals surface area contributed by atoms with E-state index in [9.17, 15) is 26.4 Å². The van der Waals surface area contributed by atoms with Gasteiger partial charge in [-0.15, -0.1) is 0 Å². The second-order valence-electron chi connectivity index (χ2n) is 19.0. The van der Waals surface area contributed by atoms with Gasteiger partial charge in [0.15, 0.2) is 0 Å². The Morgan fingerprint density at radius 1 is 0.500 bits per heavy atom. The van der Waals surface area contributed by atoms with E-state index in [1.807, 2.05) is 123 Å². The first-order valence-corrected chi connectivity index (χ1v) is 28.1. The number of aryl methyl sites for hydroxylation is 2. The maximum Gasteiger partial charge on any atom is 0.335 e. The molecule has 2 aliphatic carbocycles. The Kier molecular flexibility index (Phi) is 16.3. The van der Waals surface area contributed by atoms with Gasteiger partial charge >= 0.3 is 11.9 Å². The van der Waals surface area contributed by atoms with Gasteiger partial charge in [-0.3, -0.25) is 0 Å². The molecule has 0 aromatic heterocycles. The number of allylic oxidation sites excluding steroid dienone is 4. The van der Waals surface area contributed by atoms with Crippen molar-refractivity contribution < 1.29 is 35.9 Å². The molecule has 0 radical (unpaired) electrons. The summed E-state index contributed by atoms with van der Waals surface area (Å²) in [5.41, 5.74) is 8.48. The molecular weight excluding hydrogens is 1010 g/mol. The number of fused-ring (bicyclic) bond motifs is 2. The zero-order chi connectivity index (χ0) is 52.0. The van der Waals surface area contributed by atoms with Crippen LogP contribution in [0.4, 0.5) is 0 Å². The number of hydrogen-bond acceptors (Lipinski definition) is 8. The third-order valence-electron chi connectivity index (χ3n) is 14.1. The SMILES string of the molecule is Cc1ccc(S(=O)(=O)N2CC(C(=O)OCc3ccccc3)=C3CC=C[C@@H](c4ccc(Cl)cc4)[C@@H]3C2)cc1.Cc1ccc(S(=O)(=O)N2CC(C(=O)OCc3ccccc3)=C3CC=C[C@@H](c4ccc(Cl)cc4)[C@@H]3C2)cc1. The molecular formula is C60H56Cl2N2O8S2. The molecule has 0 unspecified atom stereocenters. The van der Waals surface area contributed by atoms with E-state index < -0.39 is 32.0 Å². The monoisotopic (exact) mass is 1070 g/mol. The van der Waals surface area contributed by atoms with E-state index in [-0.39, 0.29) is 72.9 Å². The normalized spacial score (nSPS) is 19.9. The molecule has 0 saturated heterocycles. The fraction of sp³-hybridized carbons (Fsp3) is 0.233. The third kappa shape index (κ3) is 11.9. The highest BCUT2D eigenvalue weighted by Crippen LogP contribution is 2.45. The summed E-state index contributed by atoms with van der Waals surface area (Å²) >= 11 is 12.2. The zero-order valence-electron chi connectivity index (χ0n) is 41.0. The van der Waals surface area contributed by atoms with Crippen molar-refractivity contribution in [2.24, 2.45) is 11.8 Å². The van der Waals surface area contributed by atoms with Gasteiger partial charge in [0.05, 0.1) is 20.9 Å². The molecule has 0 bridgehead atoms. The molecule has 10 rings (SSSR count). The van der Waals surface area contributed by atoms with E-state index in [4.69, 9.17) is 32.7 Å². The van der Waals surface area contributed by atoms with Crippen LogP contribution in [0.5, 0.6) is 0 Å². The Morgan fingerprint density at radius 2 is 0.851 bits per heavy atom. The zero-order valence-corrected chi connectivity index (χ0v) is 44.2. The quantitative estimate of drug-likeness (QED) is 0.0876. The highest BCUT2D eigenvalue weighted by Gasteiger charge is 2.43. The number of halogens is 2. The van der Waals surface area contributed by atoms with Crippen LogP contribution in [0.1, 0.15) is 58.1 Å². The van der Waals surface area contributed by atoms with Crippen molar-refractivity contribution in [3.05, 3.63) is 248 Å². The number of carbonyl (C=O) groups excluding carboxylic acids is 2. The summed E-state index contributed by atoms with van der Waals surface area (Å²) in [6.07, 6.45) is 9.49. The van der Waals surface area contributed by atoms with Crippen molar-refractivity contribution in [1.29, 1.82) is 0 Å². The summed E-state index contributed by atoms with van der Waals surface area (Å²) in [6.45, 7) is 4.60. The summed E-state index contributed by atoms with van der Waals surface area (Å²) in [4.78, 5) is 27.3. The Bertz CT molecular complexity index is 3120. The lowest BCUT2D eigenvalue weighted by molar-refractivity contribution is -0.141. The molecule has 0 amide bonds. The van der Waals surface area contributed by atoms with Gasteiger partial charge < -0.3 is 9.47 Å². The van der Waals surface area contributed by atoms with Crippen LogP contribution in [0.15, 0.2) is 214 Å². The molecule has 6 aromatic carbocycles. The lowest BCUT2D eigenvalue weighted by atomic mass is 9.73. The van der Waals surface area contributed by atoms with Crippen molar-refractivity contribution in [2.75, 3.05) is 26.2 Å². The summed E-state index contributed by atoms with van der Waals surface area (Å²) in [5, 5.41) is 1.27. The van der Waals surface area contributed by atoms with E-state index in [0.717, 1.165) is 44.5 Å². The van der Waals surface area contributed by atoms with E-state index >= 15 is 0 Å². The lowest BCUT2D eigenvalue weighted by Gasteiger charge is -2.40. The van der Waals surface area contributed by atoms with Crippen molar-refractivity contribution in [3.63, 3.8) is 0 Å². The predicted molar refractivity (Wildman–Crippen MR) is 289 cm³/mol. The van der Waals surface area contributed by atoms with Crippen molar-refractivity contribution in [1.82, 2.24) is 8.61 Å². The molecule has 74 heavy (non-hydrogen) atoms. The highest BCUT2D eigenvalue weighted by molar-refractivity contribution is 7.89. The van der Waals surface area contributed by atoms with Gasteiger partial charge in [0.2, 0.25) is 20.0 Å². The van der Waals surface area contributed by atoms with Crippen LogP contribution < -0.4 is 0 Å². The first-order valence-electron chi connectivity index (χ1n) is 24.5. The van der Waals surface area contributed by atoms with Gasteiger partial charge in [-0.2, -0.15) is 8.61 Å². The average molecular weight is 1070 g/mol. The number of ether oxygens (including phenoxy) is 2. The Morgan fingerprint density at radius 3 is 1.20 bits per heavy atom. The molecule has 0 spiro atoms. The maximum atomic E-state index is 13.7. The molecule has 2 aliphatic heterocycles. The largest absolute Gasteiger partial charge is 0.457 e. The molecule has 0 fully saturated rings. The summed E-state index contributed by atoms with van der Waals surface area (Å²) in [5.74, 6) is -1.52. The molecule has 0 saturated carbocycles. The van der Waals surface area contributed by atoms with Gasteiger partial charge in [0, 0.05) is 59.9 Å². The number of hydrogen-bond donors (Lipinski definition) is 0. The van der Waals surface area contributed by atoms with E-state index in [0.29, 0.717) is 34.0 Å². The Balaban J connectivity index is 0.000000182. The first kappa shape index (κ1) is 52.5. The summed E-state index contributed by atoms with van der Waals surface area (Å²) in [6, 6.07) is 47.7. The number of nitrogens with zero attached hydrogens (tertiary/aromatic N) is 2. The van der Waals surface area contributed by atoms with Gasteiger partial charge in [0.1, 0.15) is 13.2 Å². The summed E-state index contributed by atoms with van der Waals surface area (Å²) < 4.78 is 69.1. The average Bonchev–Trinajstić information content (AvgIpc) is 3.42. The number of esters is 2. The molecule has 4 atom stereocenters. The van der Waals surface area contributed by atoms with Crippen LogP contribution in [-0.4, -0.2) is 63.6 Å². The molecule has 380 valence electrons. The van der Waals surface area contributed by atoms with E-state index in [2.05, 4.69) is 24.3 Å². The lowest BCUT2D eigenvalue weighted by Crippen LogP contribution is -2.45. The van der Waals surface area contributed by atoms with Gasteiger partial charge in [0.25, 0.3) is 0 Å². The minimum absolute atomic E-state index is 0.0170. The fourth-order valence-corrected chi connectivity index (χ4v) is 13.2. The number of sulfonamides is 2. The van der Waals surface area contributed by atoms with Gasteiger partial charge in [-0.1, -0.05) is 168 Å². The minimum Gasteiger partial charge on any atom is -0.457 e. The molecule has 0 N–H and O–H groups in total. The van der Waals surface area contributed by atoms with E-state index in [1.165, 1.54) is 8.61 Å². The standard InChI is InChI=1S/2C30H28ClNO4S/c2*1-21-10-16-25(17-11-21)37(34,35)32-18-28-26(23-12-14-24(31)15-13-23)8-5-9-27(28)29(19-32)30(33)36-20-22-6-3-2-4-7-22/h2*2-8,10-17,26,28H,9,18-20H2,1H3/t2*26-,28-/m00/s1. The third-order valence-corrected chi connectivity index (χ3v) is 18.3. The van der Waals surface area contributed by atoms with Gasteiger partial charge in [-0.05, 0) is 109 Å². The fourth-order valence-electron chi connectivity index (χ4n) is 10.1.